The van der Waals surface area contributed by atoms with Crippen LogP contribution in [0.2, 0.25) is 5.02 Å². The maximum Gasteiger partial charge on any atom is 0.162 e. The van der Waals surface area contributed by atoms with Crippen molar-refractivity contribution in [2.75, 3.05) is 19.0 Å². The molecule has 0 atom stereocenters. The van der Waals surface area contributed by atoms with Gasteiger partial charge >= 0.3 is 0 Å². The van der Waals surface area contributed by atoms with Gasteiger partial charge in [0.1, 0.15) is 18.8 Å². The molecule has 2 aromatic carbocycles. The van der Waals surface area contributed by atoms with Gasteiger partial charge in [-0.1, -0.05) is 24.3 Å². The lowest BCUT2D eigenvalue weighted by atomic mass is 10.2. The summed E-state index contributed by atoms with van der Waals surface area (Å²) < 4.78 is 11.0. The molecule has 1 N–H and O–H groups in total. The zero-order valence-electron chi connectivity index (χ0n) is 13.1. The lowest BCUT2D eigenvalue weighted by Gasteiger charge is -2.13. The molecule has 0 amide bonds. The van der Waals surface area contributed by atoms with Crippen LogP contribution in [0.5, 0.6) is 11.5 Å². The van der Waals surface area contributed by atoms with Gasteiger partial charge in [0.2, 0.25) is 0 Å². The van der Waals surface area contributed by atoms with E-state index in [1.54, 1.807) is 13.2 Å². The van der Waals surface area contributed by atoms with Gasteiger partial charge in [-0.3, -0.25) is 0 Å². The Morgan fingerprint density at radius 3 is 2.67 bits per heavy atom. The summed E-state index contributed by atoms with van der Waals surface area (Å²) in [4.78, 5) is 8.63. The number of aromatic nitrogens is 2. The molecule has 3 rings (SSSR count). The Morgan fingerprint density at radius 2 is 1.96 bits per heavy atom. The van der Waals surface area contributed by atoms with Crippen molar-refractivity contribution in [1.29, 1.82) is 0 Å². The Hall–Kier alpha value is -2.79. The summed E-state index contributed by atoms with van der Waals surface area (Å²) >= 11 is 5.92. The molecule has 0 fully saturated rings. The van der Waals surface area contributed by atoms with E-state index < -0.39 is 0 Å². The fourth-order valence-electron chi connectivity index (χ4n) is 2.25. The number of nitrogens with one attached hydrogen (secondary N) is 1. The van der Waals surface area contributed by atoms with Gasteiger partial charge in [-0.25, -0.2) is 9.97 Å². The Bertz CT molecular complexity index is 866. The van der Waals surface area contributed by atoms with Crippen LogP contribution in [-0.4, -0.2) is 23.7 Å². The van der Waals surface area contributed by atoms with Crippen molar-refractivity contribution in [3.8, 4) is 11.5 Å². The zero-order chi connectivity index (χ0) is 16.9. The molecule has 0 saturated heterocycles. The topological polar surface area (TPSA) is 56.3 Å². The van der Waals surface area contributed by atoms with Crippen LogP contribution in [0.4, 0.5) is 11.5 Å². The highest BCUT2D eigenvalue weighted by atomic mass is 35.5. The number of nitrogens with zero attached hydrogens (tertiary/aromatic N) is 2. The van der Waals surface area contributed by atoms with E-state index in [1.165, 1.54) is 6.33 Å². The Kier molecular flexibility index (Phi) is 4.82. The molecule has 0 saturated carbocycles. The Balaban J connectivity index is 2.03. The predicted octanol–water partition coefficient (Wildman–Crippen LogP) is 4.60. The molecule has 1 heterocycles. The molecule has 0 spiro atoms. The molecule has 0 aliphatic carbocycles. The van der Waals surface area contributed by atoms with E-state index in [1.807, 2.05) is 36.4 Å². The van der Waals surface area contributed by atoms with E-state index in [9.17, 15) is 0 Å². The fraction of sp³-hybridized carbons (Fsp3) is 0.111. The molecule has 0 aliphatic heterocycles. The summed E-state index contributed by atoms with van der Waals surface area (Å²) in [5.74, 6) is 1.90. The van der Waals surface area contributed by atoms with Crippen LogP contribution < -0.4 is 14.8 Å². The lowest BCUT2D eigenvalue weighted by molar-refractivity contribution is 0.327. The van der Waals surface area contributed by atoms with Gasteiger partial charge in [0.25, 0.3) is 0 Å². The molecule has 6 heteroatoms. The first kappa shape index (κ1) is 16.1. The fourth-order valence-corrected chi connectivity index (χ4v) is 2.38. The molecule has 3 aromatic rings. The lowest BCUT2D eigenvalue weighted by Crippen LogP contribution is -1.99. The third-order valence-electron chi connectivity index (χ3n) is 3.38. The molecular weight excluding hydrogens is 326 g/mol. The number of ether oxygens (including phenoxy) is 2. The third-order valence-corrected chi connectivity index (χ3v) is 3.64. The summed E-state index contributed by atoms with van der Waals surface area (Å²) in [6, 6.07) is 11.1. The second kappa shape index (κ2) is 7.19. The van der Waals surface area contributed by atoms with Gasteiger partial charge in [0.15, 0.2) is 11.5 Å². The van der Waals surface area contributed by atoms with E-state index in [2.05, 4.69) is 21.9 Å². The van der Waals surface area contributed by atoms with E-state index in [0.29, 0.717) is 28.9 Å². The summed E-state index contributed by atoms with van der Waals surface area (Å²) in [6.07, 6.45) is 3.18. The van der Waals surface area contributed by atoms with Crippen molar-refractivity contribution in [2.45, 2.75) is 0 Å². The van der Waals surface area contributed by atoms with Crippen LogP contribution in [-0.2, 0) is 0 Å². The summed E-state index contributed by atoms with van der Waals surface area (Å²) in [5, 5.41) is 4.77. The minimum absolute atomic E-state index is 0.384. The van der Waals surface area contributed by atoms with Crippen molar-refractivity contribution < 1.29 is 9.47 Å². The number of halogens is 1. The Morgan fingerprint density at radius 1 is 1.17 bits per heavy atom. The predicted molar refractivity (Wildman–Crippen MR) is 96.5 cm³/mol. The van der Waals surface area contributed by atoms with Crippen LogP contribution in [0.1, 0.15) is 0 Å². The Labute approximate surface area is 144 Å². The van der Waals surface area contributed by atoms with Crippen LogP contribution in [0.15, 0.2) is 55.4 Å². The van der Waals surface area contributed by atoms with E-state index in [0.717, 1.165) is 16.6 Å². The molecular formula is C18H16ClN3O2. The van der Waals surface area contributed by atoms with Crippen LogP contribution in [0.3, 0.4) is 0 Å². The molecule has 1 aromatic heterocycles. The summed E-state index contributed by atoms with van der Waals surface area (Å²) in [6.45, 7) is 4.04. The van der Waals surface area contributed by atoms with Crippen LogP contribution >= 0.6 is 11.6 Å². The highest BCUT2D eigenvalue weighted by Gasteiger charge is 2.11. The normalized spacial score (nSPS) is 10.4. The van der Waals surface area contributed by atoms with Crippen LogP contribution in [0.25, 0.3) is 10.9 Å². The average molecular weight is 342 g/mol. The van der Waals surface area contributed by atoms with Gasteiger partial charge in [0.05, 0.1) is 12.6 Å². The number of anilines is 2. The van der Waals surface area contributed by atoms with Crippen molar-refractivity contribution in [2.24, 2.45) is 0 Å². The average Bonchev–Trinajstić information content (AvgIpc) is 2.61. The number of hydrogen-bond donors (Lipinski definition) is 1. The number of fused-ring (bicyclic) bond motifs is 1. The van der Waals surface area contributed by atoms with E-state index in [-0.39, 0.29) is 0 Å². The molecule has 0 bridgehead atoms. The van der Waals surface area contributed by atoms with E-state index >= 15 is 0 Å². The standard InChI is InChI=1S/C18H16ClN3O2/c1-3-8-24-17-9-14-15(10-16(17)23-2)20-11-21-18(14)22-13-6-4-12(19)5-7-13/h3-7,9-11H,1,8H2,2H3,(H,20,21,22). The van der Waals surface area contributed by atoms with Crippen molar-refractivity contribution in [3.05, 3.63) is 60.4 Å². The molecule has 5 nitrogen and oxygen atoms in total. The van der Waals surface area contributed by atoms with Gasteiger partial charge in [0, 0.05) is 22.2 Å². The largest absolute Gasteiger partial charge is 0.493 e. The SMILES string of the molecule is C=CCOc1cc2c(Nc3ccc(Cl)cc3)ncnc2cc1OC. The van der Waals surface area contributed by atoms with Crippen molar-refractivity contribution >= 4 is 34.0 Å². The van der Waals surface area contributed by atoms with Gasteiger partial charge in [-0.15, -0.1) is 0 Å². The highest BCUT2D eigenvalue weighted by Crippen LogP contribution is 2.34. The minimum Gasteiger partial charge on any atom is -0.493 e. The second-order valence-corrected chi connectivity index (χ2v) is 5.41. The molecule has 122 valence electrons. The van der Waals surface area contributed by atoms with Crippen molar-refractivity contribution in [1.82, 2.24) is 9.97 Å². The number of hydrogen-bond acceptors (Lipinski definition) is 5. The van der Waals surface area contributed by atoms with Gasteiger partial charge in [-0.05, 0) is 30.3 Å². The third kappa shape index (κ3) is 3.41. The van der Waals surface area contributed by atoms with Gasteiger partial charge in [-0.2, -0.15) is 0 Å². The molecule has 0 unspecified atom stereocenters. The smallest absolute Gasteiger partial charge is 0.162 e. The first-order valence-corrected chi connectivity index (χ1v) is 7.68. The first-order valence-electron chi connectivity index (χ1n) is 7.30. The van der Waals surface area contributed by atoms with Gasteiger partial charge < -0.3 is 14.8 Å². The number of benzene rings is 2. The highest BCUT2D eigenvalue weighted by molar-refractivity contribution is 6.30. The maximum absolute atomic E-state index is 5.92. The minimum atomic E-state index is 0.384. The zero-order valence-corrected chi connectivity index (χ0v) is 13.9. The first-order chi connectivity index (χ1) is 11.7. The number of methoxy groups -OCH3 is 1. The molecule has 0 aliphatic rings. The summed E-state index contributed by atoms with van der Waals surface area (Å²) in [5.41, 5.74) is 1.63. The quantitative estimate of drug-likeness (QED) is 0.664. The maximum atomic E-state index is 5.92. The number of rotatable bonds is 6. The molecule has 24 heavy (non-hydrogen) atoms. The van der Waals surface area contributed by atoms with Crippen molar-refractivity contribution in [3.63, 3.8) is 0 Å². The second-order valence-electron chi connectivity index (χ2n) is 4.97. The monoisotopic (exact) mass is 341 g/mol. The summed E-state index contributed by atoms with van der Waals surface area (Å²) in [7, 11) is 1.59. The van der Waals surface area contributed by atoms with E-state index in [4.69, 9.17) is 21.1 Å². The molecule has 0 radical (unpaired) electrons. The van der Waals surface area contributed by atoms with Crippen LogP contribution in [0, 0.1) is 0 Å².